The number of aromatic nitrogens is 6. The molecule has 0 aliphatic rings. The summed E-state index contributed by atoms with van der Waals surface area (Å²) in [5.74, 6) is 1.93. The number of hydrogen-bond donors (Lipinski definition) is 0. The molecule has 0 aliphatic carbocycles. The molecule has 122 heavy (non-hydrogen) atoms. The lowest BCUT2D eigenvalue weighted by Gasteiger charge is -2.16. The Hall–Kier alpha value is -16.3. The maximum absolute atomic E-state index is 5.31. The third-order valence-electron chi connectivity index (χ3n) is 24.9. The van der Waals surface area contributed by atoms with E-state index in [-0.39, 0.29) is 0 Å². The zero-order valence-electron chi connectivity index (χ0n) is 66.3. The number of nitrogens with zero attached hydrogens (tertiary/aromatic N) is 6. The van der Waals surface area contributed by atoms with Crippen LogP contribution in [0, 0.1) is 0 Å². The van der Waals surface area contributed by atoms with E-state index in [0.29, 0.717) is 17.5 Å². The van der Waals surface area contributed by atoms with Crippen molar-refractivity contribution in [3.8, 4) is 101 Å². The molecule has 6 nitrogen and oxygen atoms in total. The summed E-state index contributed by atoms with van der Waals surface area (Å²) in [4.78, 5) is 20.8. The van der Waals surface area contributed by atoms with E-state index >= 15 is 0 Å². The molecule has 0 N–H and O–H groups in total. The van der Waals surface area contributed by atoms with Gasteiger partial charge in [-0.15, -0.1) is 0 Å². The monoisotopic (exact) mass is 1550 g/mol. The number of rotatable bonds is 10. The van der Waals surface area contributed by atoms with Crippen LogP contribution >= 0.6 is 0 Å². The topological polar surface area (TPSA) is 61.4 Å². The van der Waals surface area contributed by atoms with Gasteiger partial charge in [0.15, 0.2) is 17.5 Å². The van der Waals surface area contributed by atoms with Gasteiger partial charge in [0, 0.05) is 82.3 Å². The minimum absolute atomic E-state index is 0.634. The minimum Gasteiger partial charge on any atom is -0.309 e. The fourth-order valence-corrected chi connectivity index (χ4v) is 19.4. The summed E-state index contributed by atoms with van der Waals surface area (Å²) >= 11 is 0. The fourth-order valence-electron chi connectivity index (χ4n) is 19.4. The summed E-state index contributed by atoms with van der Waals surface area (Å²) in [5.41, 5.74) is 21.2. The normalized spacial score (nSPS) is 11.8. The SMILES string of the molecule is c1ccc(-c2cc(-c3ccc(-c4cc5c6ccccc6c6c(c7ccccc7n6-c6ccccc6)c5c5ccccc45)cc3)nc(-c3ccc4ccccc4c3)c2)cc1.c1ccc(-c2nc(-c3ccc(-c4cc5c6ccccc6c6c(c7ccccc7n6-c6ccccc6)c5c5ccccc45)cc3)nc(-c3cc4ccccc4c4ccccc34)n2)cc1. The molecule has 0 unspecified atom stereocenters. The molecule has 0 saturated carbocycles. The number of pyridine rings is 1. The second kappa shape index (κ2) is 28.8. The Labute approximate surface area is 703 Å². The van der Waals surface area contributed by atoms with Gasteiger partial charge in [0.25, 0.3) is 0 Å². The Morgan fingerprint density at radius 1 is 0.156 bits per heavy atom. The van der Waals surface area contributed by atoms with Crippen LogP contribution < -0.4 is 0 Å². The average molecular weight is 1550 g/mol. The Morgan fingerprint density at radius 3 is 1.01 bits per heavy atom. The van der Waals surface area contributed by atoms with Crippen LogP contribution in [-0.4, -0.2) is 29.1 Å². The van der Waals surface area contributed by atoms with Gasteiger partial charge in [0.2, 0.25) is 0 Å². The van der Waals surface area contributed by atoms with E-state index in [1.165, 1.54) is 152 Å². The van der Waals surface area contributed by atoms with E-state index in [9.17, 15) is 0 Å². The van der Waals surface area contributed by atoms with Crippen molar-refractivity contribution < 1.29 is 0 Å². The molecule has 0 spiro atoms. The van der Waals surface area contributed by atoms with Crippen LogP contribution in [0.5, 0.6) is 0 Å². The van der Waals surface area contributed by atoms with E-state index in [2.05, 4.69) is 428 Å². The van der Waals surface area contributed by atoms with Crippen molar-refractivity contribution in [3.63, 3.8) is 0 Å². The molecule has 0 amide bonds. The van der Waals surface area contributed by atoms with Gasteiger partial charge in [0.05, 0.1) is 33.5 Å². The zero-order chi connectivity index (χ0) is 80.3. The largest absolute Gasteiger partial charge is 0.309 e. The summed E-state index contributed by atoms with van der Waals surface area (Å²) in [6.45, 7) is 0. The van der Waals surface area contributed by atoms with Crippen LogP contribution in [0.25, 0.3) is 242 Å². The first-order chi connectivity index (χ1) is 60.5. The highest BCUT2D eigenvalue weighted by atomic mass is 15.0. The molecule has 0 aliphatic heterocycles. The predicted molar refractivity (Wildman–Crippen MR) is 514 cm³/mol. The van der Waals surface area contributed by atoms with Gasteiger partial charge < -0.3 is 9.13 Å². The Bertz CT molecular complexity index is 8530. The lowest BCUT2D eigenvalue weighted by atomic mass is 9.88. The molecular weight excluding hydrogens is 1480 g/mol. The van der Waals surface area contributed by atoms with Crippen LogP contribution in [0.4, 0.5) is 0 Å². The summed E-state index contributed by atoms with van der Waals surface area (Å²) in [6.07, 6.45) is 0. The van der Waals surface area contributed by atoms with E-state index < -0.39 is 0 Å². The molecule has 6 heteroatoms. The Balaban J connectivity index is 0.000000138. The summed E-state index contributed by atoms with van der Waals surface area (Å²) in [6, 6.07) is 157. The van der Waals surface area contributed by atoms with E-state index in [4.69, 9.17) is 19.9 Å². The third kappa shape index (κ3) is 11.6. The van der Waals surface area contributed by atoms with Gasteiger partial charge in [-0.25, -0.2) is 19.9 Å². The Morgan fingerprint density at radius 2 is 0.500 bits per heavy atom. The number of hydrogen-bond acceptors (Lipinski definition) is 4. The van der Waals surface area contributed by atoms with Crippen molar-refractivity contribution in [2.75, 3.05) is 0 Å². The molecule has 0 atom stereocenters. The minimum atomic E-state index is 0.634. The molecular formula is C116H72N6. The third-order valence-corrected chi connectivity index (χ3v) is 24.9. The highest BCUT2D eigenvalue weighted by Gasteiger charge is 2.26. The first-order valence-corrected chi connectivity index (χ1v) is 41.7. The van der Waals surface area contributed by atoms with Crippen molar-refractivity contribution in [1.82, 2.24) is 29.1 Å². The van der Waals surface area contributed by atoms with Gasteiger partial charge in [-0.05, 0) is 182 Å². The molecule has 566 valence electrons. The maximum atomic E-state index is 5.31. The van der Waals surface area contributed by atoms with Crippen molar-refractivity contribution in [1.29, 1.82) is 0 Å². The second-order valence-corrected chi connectivity index (χ2v) is 31.8. The number of benzene rings is 21. The summed E-state index contributed by atoms with van der Waals surface area (Å²) in [5, 5.41) is 27.1. The van der Waals surface area contributed by atoms with Crippen LogP contribution in [0.3, 0.4) is 0 Å². The van der Waals surface area contributed by atoms with E-state index in [1.807, 2.05) is 18.2 Å². The second-order valence-electron chi connectivity index (χ2n) is 31.8. The molecule has 0 saturated heterocycles. The van der Waals surface area contributed by atoms with Crippen molar-refractivity contribution in [2.45, 2.75) is 0 Å². The van der Waals surface area contributed by atoms with Gasteiger partial charge >= 0.3 is 0 Å². The quantitative estimate of drug-likeness (QED) is 0.128. The first-order valence-electron chi connectivity index (χ1n) is 41.7. The van der Waals surface area contributed by atoms with Gasteiger partial charge in [-0.1, -0.05) is 364 Å². The van der Waals surface area contributed by atoms with Crippen molar-refractivity contribution in [2.24, 2.45) is 0 Å². The number of para-hydroxylation sites is 4. The average Bonchev–Trinajstić information content (AvgIpc) is 1.52. The zero-order valence-corrected chi connectivity index (χ0v) is 66.3. The lowest BCUT2D eigenvalue weighted by Crippen LogP contribution is -2.00. The molecule has 0 radical (unpaired) electrons. The van der Waals surface area contributed by atoms with Crippen LogP contribution in [-0.2, 0) is 0 Å². The highest BCUT2D eigenvalue weighted by molar-refractivity contribution is 6.40. The molecule has 25 rings (SSSR count). The maximum Gasteiger partial charge on any atom is 0.164 e. The van der Waals surface area contributed by atoms with Gasteiger partial charge in [-0.3, -0.25) is 0 Å². The summed E-state index contributed by atoms with van der Waals surface area (Å²) in [7, 11) is 0. The van der Waals surface area contributed by atoms with E-state index in [1.54, 1.807) is 0 Å². The van der Waals surface area contributed by atoms with Crippen LogP contribution in [0.2, 0.25) is 0 Å². The first kappa shape index (κ1) is 70.0. The molecule has 21 aromatic carbocycles. The van der Waals surface area contributed by atoms with Gasteiger partial charge in [-0.2, -0.15) is 0 Å². The Kier molecular flexibility index (Phi) is 16.5. The van der Waals surface area contributed by atoms with Crippen molar-refractivity contribution in [3.05, 3.63) is 437 Å². The van der Waals surface area contributed by atoms with Gasteiger partial charge in [0.1, 0.15) is 0 Å². The molecule has 0 fully saturated rings. The summed E-state index contributed by atoms with van der Waals surface area (Å²) < 4.78 is 4.91. The molecule has 4 heterocycles. The number of fused-ring (bicyclic) bond motifs is 24. The highest BCUT2D eigenvalue weighted by Crippen LogP contribution is 2.51. The van der Waals surface area contributed by atoms with Crippen LogP contribution in [0.15, 0.2) is 437 Å². The lowest BCUT2D eigenvalue weighted by molar-refractivity contribution is 1.08. The molecule has 0 bridgehead atoms. The standard InChI is InChI=1S/C59H36N4.C57H36N2/c1-3-17-38(18-4-1)57-60-58(62-59(61-57)52-35-40-19-7-8-22-42(40)43-23-9-10-24-44(43)52)39-33-31-37(32-34-39)50-36-51-46-26-12-14-28-48(46)56-55(54(51)47-27-13-11-25-45(47)50)49-29-15-16-30-53(49)63(56)41-20-5-2-6-21-41;1-3-15-37(16-4-1)43-34-52(58-53(35-43)42-32-27-38-17-7-8-18-41(38)33-42)40-30-28-39(29-31-40)50-36-51-46-22-10-12-24-48(46)57-56(55(51)47-23-11-9-21-45(47)50)49-25-13-14-26-54(49)59(57)44-19-5-2-6-20-44/h1-36H;1-36H. The van der Waals surface area contributed by atoms with Crippen LogP contribution in [0.1, 0.15) is 0 Å². The van der Waals surface area contributed by atoms with Crippen molar-refractivity contribution >= 4 is 141 Å². The van der Waals surface area contributed by atoms with E-state index in [0.717, 1.165) is 72.5 Å². The molecule has 4 aromatic heterocycles. The fraction of sp³-hybridized carbons (Fsp3) is 0. The predicted octanol–water partition coefficient (Wildman–Crippen LogP) is 30.9. The smallest absolute Gasteiger partial charge is 0.164 e. The molecule has 25 aromatic rings.